The monoisotopic (exact) mass is 300 g/mol. The van der Waals surface area contributed by atoms with Crippen molar-refractivity contribution in [1.29, 1.82) is 0 Å². The molecule has 116 valence electrons. The van der Waals surface area contributed by atoms with Crippen LogP contribution in [0.3, 0.4) is 0 Å². The van der Waals surface area contributed by atoms with Gasteiger partial charge in [0.25, 0.3) is 5.91 Å². The van der Waals surface area contributed by atoms with Crippen LogP contribution in [0.15, 0.2) is 35.4 Å². The minimum atomic E-state index is -0.353. The highest BCUT2D eigenvalue weighted by atomic mass is 16.5. The first-order valence-electron chi connectivity index (χ1n) is 7.22. The predicted molar refractivity (Wildman–Crippen MR) is 85.3 cm³/mol. The van der Waals surface area contributed by atoms with Crippen molar-refractivity contribution in [2.24, 2.45) is 5.10 Å². The van der Waals surface area contributed by atoms with E-state index in [0.29, 0.717) is 12.3 Å². The average Bonchev–Trinajstić information content (AvgIpc) is 2.99. The number of nitrogens with zero attached hydrogens (tertiary/aromatic N) is 2. The van der Waals surface area contributed by atoms with Gasteiger partial charge in [0.2, 0.25) is 0 Å². The SMILES string of the molecule is CCOc1ccccc1C=NNC(=O)c1cc(C(C)C)[nH]n1. The van der Waals surface area contributed by atoms with E-state index < -0.39 is 0 Å². The molecule has 2 rings (SSSR count). The third kappa shape index (κ3) is 3.94. The molecule has 0 aliphatic rings. The Bertz CT molecular complexity index is 662. The fourth-order valence-corrected chi connectivity index (χ4v) is 1.84. The van der Waals surface area contributed by atoms with Crippen molar-refractivity contribution in [1.82, 2.24) is 15.6 Å². The normalized spacial score (nSPS) is 11.1. The predicted octanol–water partition coefficient (Wildman–Crippen LogP) is 2.70. The van der Waals surface area contributed by atoms with Gasteiger partial charge in [-0.25, -0.2) is 5.43 Å². The van der Waals surface area contributed by atoms with Crippen molar-refractivity contribution in [2.75, 3.05) is 6.61 Å². The van der Waals surface area contributed by atoms with E-state index in [4.69, 9.17) is 4.74 Å². The molecule has 2 aromatic rings. The van der Waals surface area contributed by atoms with E-state index in [9.17, 15) is 4.79 Å². The number of hydrazone groups is 1. The fourth-order valence-electron chi connectivity index (χ4n) is 1.84. The molecule has 0 saturated heterocycles. The summed E-state index contributed by atoms with van der Waals surface area (Å²) in [5.74, 6) is 0.661. The highest BCUT2D eigenvalue weighted by Crippen LogP contribution is 2.15. The van der Waals surface area contributed by atoms with Gasteiger partial charge in [0.15, 0.2) is 5.69 Å². The third-order valence-corrected chi connectivity index (χ3v) is 3.04. The summed E-state index contributed by atoms with van der Waals surface area (Å²) in [5.41, 5.74) is 4.49. The average molecular weight is 300 g/mol. The molecule has 1 amide bonds. The zero-order valence-electron chi connectivity index (χ0n) is 13.0. The van der Waals surface area contributed by atoms with Gasteiger partial charge in [0.05, 0.1) is 12.8 Å². The second-order valence-corrected chi connectivity index (χ2v) is 5.03. The van der Waals surface area contributed by atoms with Gasteiger partial charge >= 0.3 is 0 Å². The number of H-pyrrole nitrogens is 1. The maximum Gasteiger partial charge on any atom is 0.291 e. The largest absolute Gasteiger partial charge is 0.493 e. The molecule has 0 spiro atoms. The first-order valence-corrected chi connectivity index (χ1v) is 7.22. The van der Waals surface area contributed by atoms with Crippen LogP contribution in [-0.4, -0.2) is 28.9 Å². The molecule has 0 atom stereocenters. The number of benzene rings is 1. The second kappa shape index (κ2) is 7.40. The van der Waals surface area contributed by atoms with E-state index in [2.05, 4.69) is 20.7 Å². The first-order chi connectivity index (χ1) is 10.6. The quantitative estimate of drug-likeness (QED) is 0.636. The number of carbonyl (C=O) groups is 1. The molecule has 0 aliphatic heterocycles. The smallest absolute Gasteiger partial charge is 0.291 e. The molecule has 1 aromatic heterocycles. The zero-order chi connectivity index (χ0) is 15.9. The van der Waals surface area contributed by atoms with Crippen LogP contribution in [0.4, 0.5) is 0 Å². The Morgan fingerprint density at radius 2 is 2.23 bits per heavy atom. The van der Waals surface area contributed by atoms with Crippen molar-refractivity contribution >= 4 is 12.1 Å². The minimum Gasteiger partial charge on any atom is -0.493 e. The summed E-state index contributed by atoms with van der Waals surface area (Å²) >= 11 is 0. The molecule has 2 N–H and O–H groups in total. The topological polar surface area (TPSA) is 79.4 Å². The Labute approximate surface area is 129 Å². The van der Waals surface area contributed by atoms with Gasteiger partial charge in [-0.1, -0.05) is 26.0 Å². The highest BCUT2D eigenvalue weighted by Gasteiger charge is 2.11. The minimum absolute atomic E-state index is 0.288. The number of hydrogen-bond donors (Lipinski definition) is 2. The number of aromatic amines is 1. The molecule has 1 aromatic carbocycles. The van der Waals surface area contributed by atoms with Crippen molar-refractivity contribution < 1.29 is 9.53 Å². The van der Waals surface area contributed by atoms with Gasteiger partial charge in [-0.2, -0.15) is 10.2 Å². The molecule has 0 aliphatic carbocycles. The van der Waals surface area contributed by atoms with Gasteiger partial charge in [0.1, 0.15) is 5.75 Å². The Balaban J connectivity index is 2.01. The van der Waals surface area contributed by atoms with Gasteiger partial charge < -0.3 is 4.74 Å². The molecule has 0 bridgehead atoms. The van der Waals surface area contributed by atoms with E-state index in [1.807, 2.05) is 45.0 Å². The maximum atomic E-state index is 11.9. The number of rotatable bonds is 6. The Hall–Kier alpha value is -2.63. The lowest BCUT2D eigenvalue weighted by Gasteiger charge is -2.05. The van der Waals surface area contributed by atoms with E-state index in [0.717, 1.165) is 17.0 Å². The molecule has 0 radical (unpaired) electrons. The summed E-state index contributed by atoms with van der Waals surface area (Å²) in [7, 11) is 0. The molecule has 22 heavy (non-hydrogen) atoms. The molecule has 6 nitrogen and oxygen atoms in total. The van der Waals surface area contributed by atoms with Crippen LogP contribution >= 0.6 is 0 Å². The van der Waals surface area contributed by atoms with Crippen molar-refractivity contribution in [2.45, 2.75) is 26.7 Å². The number of hydrogen-bond acceptors (Lipinski definition) is 4. The number of aromatic nitrogens is 2. The fraction of sp³-hybridized carbons (Fsp3) is 0.312. The van der Waals surface area contributed by atoms with Crippen LogP contribution in [0.5, 0.6) is 5.75 Å². The van der Waals surface area contributed by atoms with Crippen LogP contribution in [0.1, 0.15) is 48.4 Å². The first kappa shape index (κ1) is 15.8. The highest BCUT2D eigenvalue weighted by molar-refractivity contribution is 5.93. The summed E-state index contributed by atoms with van der Waals surface area (Å²) in [5, 5.41) is 10.8. The molecule has 1 heterocycles. The van der Waals surface area contributed by atoms with Crippen LogP contribution in [0.2, 0.25) is 0 Å². The van der Waals surface area contributed by atoms with Crippen LogP contribution in [-0.2, 0) is 0 Å². The van der Waals surface area contributed by atoms with Gasteiger partial charge in [-0.15, -0.1) is 0 Å². The van der Waals surface area contributed by atoms with E-state index in [1.54, 1.807) is 12.3 Å². The standard InChI is InChI=1S/C16H20N4O2/c1-4-22-15-8-6-5-7-12(15)10-17-20-16(21)14-9-13(11(2)3)18-19-14/h5-11H,4H2,1-3H3,(H,18,19)(H,20,21). The van der Waals surface area contributed by atoms with E-state index in [-0.39, 0.29) is 11.8 Å². The summed E-state index contributed by atoms with van der Waals surface area (Å²) in [6.45, 7) is 6.54. The van der Waals surface area contributed by atoms with Crippen molar-refractivity contribution in [3.05, 3.63) is 47.3 Å². The van der Waals surface area contributed by atoms with Crippen molar-refractivity contribution in [3.8, 4) is 5.75 Å². The summed E-state index contributed by atoms with van der Waals surface area (Å²) in [6, 6.07) is 9.22. The Morgan fingerprint density at radius 1 is 1.45 bits per heavy atom. The molecular weight excluding hydrogens is 280 g/mol. The Kier molecular flexibility index (Phi) is 5.30. The second-order valence-electron chi connectivity index (χ2n) is 5.03. The number of para-hydroxylation sites is 1. The Morgan fingerprint density at radius 3 is 2.91 bits per heavy atom. The number of carbonyl (C=O) groups excluding carboxylic acids is 1. The van der Waals surface area contributed by atoms with E-state index in [1.165, 1.54) is 0 Å². The lowest BCUT2D eigenvalue weighted by Crippen LogP contribution is -2.18. The molecule has 0 saturated carbocycles. The van der Waals surface area contributed by atoms with Gasteiger partial charge in [-0.05, 0) is 31.0 Å². The maximum absolute atomic E-state index is 11.9. The molecule has 0 unspecified atom stereocenters. The number of nitrogens with one attached hydrogen (secondary N) is 2. The zero-order valence-corrected chi connectivity index (χ0v) is 13.0. The van der Waals surface area contributed by atoms with Crippen LogP contribution in [0.25, 0.3) is 0 Å². The summed E-state index contributed by atoms with van der Waals surface area (Å²) < 4.78 is 5.49. The molecule has 6 heteroatoms. The van der Waals surface area contributed by atoms with Crippen molar-refractivity contribution in [3.63, 3.8) is 0 Å². The van der Waals surface area contributed by atoms with E-state index >= 15 is 0 Å². The third-order valence-electron chi connectivity index (χ3n) is 3.04. The number of ether oxygens (including phenoxy) is 1. The number of amides is 1. The molecular formula is C16H20N4O2. The lowest BCUT2D eigenvalue weighted by molar-refractivity contribution is 0.0950. The summed E-state index contributed by atoms with van der Waals surface area (Å²) in [6.07, 6.45) is 1.55. The van der Waals surface area contributed by atoms with Gasteiger partial charge in [0, 0.05) is 11.3 Å². The molecule has 0 fully saturated rings. The van der Waals surface area contributed by atoms with Gasteiger partial charge in [-0.3, -0.25) is 9.89 Å². The van der Waals surface area contributed by atoms with Crippen LogP contribution in [0, 0.1) is 0 Å². The van der Waals surface area contributed by atoms with Crippen LogP contribution < -0.4 is 10.2 Å². The lowest BCUT2D eigenvalue weighted by atomic mass is 10.1. The summed E-state index contributed by atoms with van der Waals surface area (Å²) in [4.78, 5) is 11.9.